The minimum Gasteiger partial charge on any atom is -0.508 e. The van der Waals surface area contributed by atoms with Crippen LogP contribution in [0, 0.1) is 0 Å². The van der Waals surface area contributed by atoms with E-state index in [1.54, 1.807) is 13.8 Å². The van der Waals surface area contributed by atoms with Gasteiger partial charge in [-0.05, 0) is 44.5 Å². The van der Waals surface area contributed by atoms with E-state index in [2.05, 4.69) is 5.32 Å². The van der Waals surface area contributed by atoms with E-state index in [-0.39, 0.29) is 18.1 Å². The molecule has 0 aliphatic heterocycles. The maximum absolute atomic E-state index is 12.1. The fourth-order valence-electron chi connectivity index (χ4n) is 1.83. The lowest BCUT2D eigenvalue weighted by Gasteiger charge is -2.29. The number of carbonyl (C=O) groups excluding carboxylic acids is 1. The third-order valence-corrected chi connectivity index (χ3v) is 2.89. The van der Waals surface area contributed by atoms with Gasteiger partial charge in [0.05, 0.1) is 6.61 Å². The summed E-state index contributed by atoms with van der Waals surface area (Å²) in [4.78, 5) is 12.1. The average molecular weight is 267 g/mol. The van der Waals surface area contributed by atoms with Gasteiger partial charge in [0.1, 0.15) is 17.0 Å². The molecule has 0 radical (unpaired) electrons. The Labute approximate surface area is 113 Å². The molecule has 0 spiro atoms. The van der Waals surface area contributed by atoms with Gasteiger partial charge >= 0.3 is 5.97 Å². The fraction of sp³-hybridized carbons (Fsp3) is 0.500. The normalized spacial score (nSPS) is 13.8. The van der Waals surface area contributed by atoms with Gasteiger partial charge in [0.2, 0.25) is 0 Å². The Hall–Kier alpha value is -1.75. The van der Waals surface area contributed by atoms with Crippen LogP contribution < -0.4 is 5.32 Å². The zero-order valence-corrected chi connectivity index (χ0v) is 11.6. The summed E-state index contributed by atoms with van der Waals surface area (Å²) < 4.78 is 5.07. The molecule has 106 valence electrons. The Morgan fingerprint density at radius 3 is 2.32 bits per heavy atom. The number of benzene rings is 1. The van der Waals surface area contributed by atoms with Crippen molar-refractivity contribution in [3.8, 4) is 11.5 Å². The van der Waals surface area contributed by atoms with E-state index in [0.29, 0.717) is 12.1 Å². The number of aromatic hydroxyl groups is 2. The molecule has 3 N–H and O–H groups in total. The largest absolute Gasteiger partial charge is 0.508 e. The van der Waals surface area contributed by atoms with E-state index in [0.717, 1.165) is 6.42 Å². The highest BCUT2D eigenvalue weighted by atomic mass is 16.5. The third-order valence-electron chi connectivity index (χ3n) is 2.89. The highest BCUT2D eigenvalue weighted by Crippen LogP contribution is 2.29. The minimum atomic E-state index is -1.09. The number of carbonyl (C=O) groups is 1. The van der Waals surface area contributed by atoms with Gasteiger partial charge in [-0.1, -0.05) is 6.92 Å². The van der Waals surface area contributed by atoms with E-state index >= 15 is 0 Å². The lowest BCUT2D eigenvalue weighted by molar-refractivity contribution is -0.151. The molecule has 0 fully saturated rings. The van der Waals surface area contributed by atoms with Crippen molar-refractivity contribution in [3.63, 3.8) is 0 Å². The summed E-state index contributed by atoms with van der Waals surface area (Å²) in [5.41, 5.74) is -0.626. The Kier molecular flexibility index (Phi) is 5.18. The van der Waals surface area contributed by atoms with Crippen molar-refractivity contribution < 1.29 is 19.7 Å². The molecule has 0 saturated heterocycles. The van der Waals surface area contributed by atoms with Gasteiger partial charge in [-0.15, -0.1) is 0 Å². The monoisotopic (exact) mass is 267 g/mol. The number of rotatable bonds is 6. The second-order valence-corrected chi connectivity index (χ2v) is 4.51. The number of phenolic OH excluding ortho intramolecular Hbond substituents is 2. The molecule has 1 aromatic carbocycles. The molecule has 0 aliphatic rings. The molecule has 0 aromatic heterocycles. The molecular formula is C14H21NO4. The van der Waals surface area contributed by atoms with Crippen molar-refractivity contribution in [2.24, 2.45) is 0 Å². The topological polar surface area (TPSA) is 78.8 Å². The Bertz CT molecular complexity index is 427. The molecule has 19 heavy (non-hydrogen) atoms. The van der Waals surface area contributed by atoms with Crippen LogP contribution in [-0.2, 0) is 15.1 Å². The van der Waals surface area contributed by atoms with Crippen LogP contribution in [-0.4, -0.2) is 29.3 Å². The summed E-state index contributed by atoms with van der Waals surface area (Å²) in [5, 5.41) is 22.2. The quantitative estimate of drug-likeness (QED) is 0.686. The molecule has 0 aliphatic carbocycles. The lowest BCUT2D eigenvalue weighted by atomic mass is 9.91. The van der Waals surface area contributed by atoms with Crippen molar-refractivity contribution in [2.75, 3.05) is 13.2 Å². The van der Waals surface area contributed by atoms with Crippen molar-refractivity contribution >= 4 is 5.97 Å². The molecule has 0 bridgehead atoms. The number of phenols is 2. The van der Waals surface area contributed by atoms with Gasteiger partial charge in [0.15, 0.2) is 0 Å². The molecule has 1 aromatic rings. The van der Waals surface area contributed by atoms with E-state index < -0.39 is 11.5 Å². The Balaban J connectivity index is 3.17. The molecule has 0 saturated carbocycles. The average Bonchev–Trinajstić information content (AvgIpc) is 2.35. The first-order chi connectivity index (χ1) is 8.93. The van der Waals surface area contributed by atoms with Crippen LogP contribution in [0.4, 0.5) is 0 Å². The van der Waals surface area contributed by atoms with Crippen LogP contribution in [0.5, 0.6) is 11.5 Å². The number of esters is 1. The standard InChI is InChI=1S/C14H21NO4/c1-4-6-15-14(3,13(18)19-5-2)10-7-11(16)9-12(17)8-10/h7-9,15-17H,4-6H2,1-3H3. The fourth-order valence-corrected chi connectivity index (χ4v) is 1.83. The summed E-state index contributed by atoms with van der Waals surface area (Å²) in [6.45, 7) is 6.28. The molecule has 5 heteroatoms. The summed E-state index contributed by atoms with van der Waals surface area (Å²) >= 11 is 0. The van der Waals surface area contributed by atoms with Crippen LogP contribution in [0.25, 0.3) is 0 Å². The predicted octanol–water partition coefficient (Wildman–Crippen LogP) is 1.88. The van der Waals surface area contributed by atoms with Gasteiger partial charge in [-0.25, -0.2) is 4.79 Å². The first kappa shape index (κ1) is 15.3. The second kappa shape index (κ2) is 6.43. The van der Waals surface area contributed by atoms with Crippen molar-refractivity contribution in [1.82, 2.24) is 5.32 Å². The summed E-state index contributed by atoms with van der Waals surface area (Å²) in [6, 6.07) is 4.10. The SMILES string of the molecule is CCCNC(C)(C(=O)OCC)c1cc(O)cc(O)c1. The molecule has 1 rings (SSSR count). The Morgan fingerprint density at radius 2 is 1.84 bits per heavy atom. The number of hydrogen-bond acceptors (Lipinski definition) is 5. The van der Waals surface area contributed by atoms with Gasteiger partial charge in [-0.2, -0.15) is 0 Å². The number of ether oxygens (including phenoxy) is 1. The minimum absolute atomic E-state index is 0.0937. The lowest BCUT2D eigenvalue weighted by Crippen LogP contribution is -2.48. The highest BCUT2D eigenvalue weighted by molar-refractivity contribution is 5.82. The maximum Gasteiger partial charge on any atom is 0.330 e. The van der Waals surface area contributed by atoms with Crippen molar-refractivity contribution in [1.29, 1.82) is 0 Å². The molecule has 1 unspecified atom stereocenters. The number of nitrogens with one attached hydrogen (secondary N) is 1. The van der Waals surface area contributed by atoms with Crippen molar-refractivity contribution in [2.45, 2.75) is 32.7 Å². The summed E-state index contributed by atoms with van der Waals surface area (Å²) in [5.74, 6) is -0.624. The highest BCUT2D eigenvalue weighted by Gasteiger charge is 2.36. The van der Waals surface area contributed by atoms with Crippen LogP contribution in [0.2, 0.25) is 0 Å². The smallest absolute Gasteiger partial charge is 0.330 e. The summed E-state index contributed by atoms with van der Waals surface area (Å²) in [7, 11) is 0. The Morgan fingerprint density at radius 1 is 1.26 bits per heavy atom. The van der Waals surface area contributed by atoms with Gasteiger partial charge in [-0.3, -0.25) is 5.32 Å². The van der Waals surface area contributed by atoms with Crippen molar-refractivity contribution in [3.05, 3.63) is 23.8 Å². The van der Waals surface area contributed by atoms with Gasteiger partial charge < -0.3 is 14.9 Å². The van der Waals surface area contributed by atoms with Crippen LogP contribution in [0.15, 0.2) is 18.2 Å². The third kappa shape index (κ3) is 3.61. The predicted molar refractivity (Wildman–Crippen MR) is 72.1 cm³/mol. The first-order valence-electron chi connectivity index (χ1n) is 6.39. The molecule has 0 heterocycles. The molecule has 0 amide bonds. The van der Waals surface area contributed by atoms with E-state index in [9.17, 15) is 15.0 Å². The van der Waals surface area contributed by atoms with Crippen LogP contribution in [0.3, 0.4) is 0 Å². The maximum atomic E-state index is 12.1. The van der Waals surface area contributed by atoms with E-state index in [4.69, 9.17) is 4.74 Å². The zero-order chi connectivity index (χ0) is 14.5. The second-order valence-electron chi connectivity index (χ2n) is 4.51. The summed E-state index contributed by atoms with van der Waals surface area (Å²) in [6.07, 6.45) is 0.847. The van der Waals surface area contributed by atoms with Crippen LogP contribution >= 0.6 is 0 Å². The van der Waals surface area contributed by atoms with E-state index in [1.807, 2.05) is 6.92 Å². The van der Waals surface area contributed by atoms with Gasteiger partial charge in [0, 0.05) is 6.07 Å². The van der Waals surface area contributed by atoms with Crippen LogP contribution in [0.1, 0.15) is 32.8 Å². The number of hydrogen-bond donors (Lipinski definition) is 3. The zero-order valence-electron chi connectivity index (χ0n) is 11.6. The first-order valence-corrected chi connectivity index (χ1v) is 6.39. The molecule has 1 atom stereocenters. The van der Waals surface area contributed by atoms with Gasteiger partial charge in [0.25, 0.3) is 0 Å². The molecule has 5 nitrogen and oxygen atoms in total. The van der Waals surface area contributed by atoms with E-state index in [1.165, 1.54) is 18.2 Å². The molecular weight excluding hydrogens is 246 g/mol.